The van der Waals surface area contributed by atoms with E-state index in [9.17, 15) is 9.59 Å². The third kappa shape index (κ3) is 3.22. The molecular formula is C23H22N2O2S. The van der Waals surface area contributed by atoms with Gasteiger partial charge in [0.15, 0.2) is 0 Å². The molecule has 1 aliphatic heterocycles. The van der Waals surface area contributed by atoms with Gasteiger partial charge in [0.05, 0.1) is 10.9 Å². The predicted octanol–water partition coefficient (Wildman–Crippen LogP) is 5.28. The Morgan fingerprint density at radius 1 is 1.00 bits per heavy atom. The van der Waals surface area contributed by atoms with Crippen LogP contribution in [0.1, 0.15) is 41.5 Å². The van der Waals surface area contributed by atoms with Crippen LogP contribution < -0.4 is 9.80 Å². The molecule has 0 fully saturated rings. The van der Waals surface area contributed by atoms with E-state index in [-0.39, 0.29) is 23.9 Å². The second kappa shape index (κ2) is 7.60. The minimum atomic E-state index is -0.113. The minimum Gasteiger partial charge on any atom is -0.305 e. The number of thiophene rings is 1. The first kappa shape index (κ1) is 18.4. The molecule has 0 spiro atoms. The van der Waals surface area contributed by atoms with Gasteiger partial charge in [-0.2, -0.15) is 0 Å². The monoisotopic (exact) mass is 390 g/mol. The number of anilines is 2. The highest BCUT2D eigenvalue weighted by atomic mass is 32.1. The summed E-state index contributed by atoms with van der Waals surface area (Å²) in [6, 6.07) is 21.3. The highest BCUT2D eigenvalue weighted by Crippen LogP contribution is 2.42. The van der Waals surface area contributed by atoms with Crippen molar-refractivity contribution < 1.29 is 9.59 Å². The number of carbonyl (C=O) groups is 2. The standard InChI is InChI=1S/C23H22N2O2S/c1-16-15-21(25(17(2)26)18-9-4-3-5-10-18)19-11-6-7-12-20(19)24(16)23(27)22-13-8-14-28-22/h3-14,16,21H,15H2,1-2H3/t16-,21+/m0/s1. The van der Waals surface area contributed by atoms with Crippen LogP contribution in [0.3, 0.4) is 0 Å². The van der Waals surface area contributed by atoms with Gasteiger partial charge in [0, 0.05) is 24.3 Å². The summed E-state index contributed by atoms with van der Waals surface area (Å²) in [5.41, 5.74) is 2.76. The molecule has 0 bridgehead atoms. The minimum absolute atomic E-state index is 0.00348. The molecule has 2 amide bonds. The summed E-state index contributed by atoms with van der Waals surface area (Å²) in [7, 11) is 0. The molecule has 3 aromatic rings. The number of fused-ring (bicyclic) bond motifs is 1. The van der Waals surface area contributed by atoms with E-state index in [1.807, 2.05) is 81.9 Å². The topological polar surface area (TPSA) is 40.6 Å². The van der Waals surface area contributed by atoms with Crippen LogP contribution in [-0.2, 0) is 4.79 Å². The second-order valence-electron chi connectivity index (χ2n) is 7.04. The van der Waals surface area contributed by atoms with E-state index in [0.29, 0.717) is 6.42 Å². The van der Waals surface area contributed by atoms with Crippen LogP contribution in [0.25, 0.3) is 0 Å². The van der Waals surface area contributed by atoms with Gasteiger partial charge in [-0.05, 0) is 48.6 Å². The molecule has 142 valence electrons. The second-order valence-corrected chi connectivity index (χ2v) is 7.98. The molecule has 1 aromatic heterocycles. The Balaban J connectivity index is 1.79. The van der Waals surface area contributed by atoms with Gasteiger partial charge in [-0.25, -0.2) is 0 Å². The maximum absolute atomic E-state index is 13.2. The van der Waals surface area contributed by atoms with Crippen molar-refractivity contribution in [3.63, 3.8) is 0 Å². The van der Waals surface area contributed by atoms with Gasteiger partial charge in [-0.1, -0.05) is 42.5 Å². The van der Waals surface area contributed by atoms with Gasteiger partial charge < -0.3 is 9.80 Å². The highest BCUT2D eigenvalue weighted by Gasteiger charge is 2.38. The maximum atomic E-state index is 13.2. The van der Waals surface area contributed by atoms with E-state index >= 15 is 0 Å². The Labute approximate surface area is 169 Å². The average Bonchev–Trinajstić information content (AvgIpc) is 3.23. The van der Waals surface area contributed by atoms with Gasteiger partial charge in [0.1, 0.15) is 0 Å². The molecule has 0 N–H and O–H groups in total. The van der Waals surface area contributed by atoms with Crippen molar-refractivity contribution in [1.82, 2.24) is 0 Å². The van der Waals surface area contributed by atoms with Crippen LogP contribution in [0.4, 0.5) is 11.4 Å². The van der Waals surface area contributed by atoms with Crippen molar-refractivity contribution in [3.8, 4) is 0 Å². The summed E-state index contributed by atoms with van der Waals surface area (Å²) in [4.78, 5) is 30.2. The van der Waals surface area contributed by atoms with E-state index in [1.165, 1.54) is 11.3 Å². The van der Waals surface area contributed by atoms with Crippen molar-refractivity contribution in [2.24, 2.45) is 0 Å². The Kier molecular flexibility index (Phi) is 5.01. The van der Waals surface area contributed by atoms with Crippen LogP contribution >= 0.6 is 11.3 Å². The zero-order valence-electron chi connectivity index (χ0n) is 15.9. The van der Waals surface area contributed by atoms with Crippen molar-refractivity contribution in [3.05, 3.63) is 82.6 Å². The molecule has 0 aliphatic carbocycles. The average molecular weight is 391 g/mol. The van der Waals surface area contributed by atoms with Crippen LogP contribution in [-0.4, -0.2) is 17.9 Å². The third-order valence-corrected chi connectivity index (χ3v) is 6.05. The van der Waals surface area contributed by atoms with E-state index in [4.69, 9.17) is 0 Å². The van der Waals surface area contributed by atoms with Gasteiger partial charge in [-0.3, -0.25) is 9.59 Å². The van der Waals surface area contributed by atoms with Crippen LogP contribution in [0.2, 0.25) is 0 Å². The Morgan fingerprint density at radius 2 is 1.71 bits per heavy atom. The third-order valence-electron chi connectivity index (χ3n) is 5.20. The Bertz CT molecular complexity index is 985. The smallest absolute Gasteiger partial charge is 0.268 e. The molecule has 2 atom stereocenters. The van der Waals surface area contributed by atoms with Gasteiger partial charge in [-0.15, -0.1) is 11.3 Å². The van der Waals surface area contributed by atoms with Crippen molar-refractivity contribution in [2.45, 2.75) is 32.4 Å². The molecule has 0 saturated heterocycles. The van der Waals surface area contributed by atoms with Crippen molar-refractivity contribution >= 4 is 34.5 Å². The van der Waals surface area contributed by atoms with E-state index in [1.54, 1.807) is 6.92 Å². The van der Waals surface area contributed by atoms with Crippen LogP contribution in [0.5, 0.6) is 0 Å². The Morgan fingerprint density at radius 3 is 2.39 bits per heavy atom. The van der Waals surface area contributed by atoms with Gasteiger partial charge in [0.2, 0.25) is 5.91 Å². The molecule has 5 heteroatoms. The number of rotatable bonds is 3. The first-order chi connectivity index (χ1) is 13.6. The zero-order valence-corrected chi connectivity index (χ0v) is 16.7. The molecule has 1 aliphatic rings. The van der Waals surface area contributed by atoms with E-state index in [2.05, 4.69) is 6.92 Å². The summed E-state index contributed by atoms with van der Waals surface area (Å²) in [6.07, 6.45) is 0.683. The fourth-order valence-electron chi connectivity index (χ4n) is 4.02. The number of hydrogen-bond donors (Lipinski definition) is 0. The number of benzene rings is 2. The molecule has 28 heavy (non-hydrogen) atoms. The summed E-state index contributed by atoms with van der Waals surface area (Å²) in [5, 5.41) is 1.92. The molecule has 0 radical (unpaired) electrons. The maximum Gasteiger partial charge on any atom is 0.268 e. The lowest BCUT2D eigenvalue weighted by molar-refractivity contribution is -0.117. The fraction of sp³-hybridized carbons (Fsp3) is 0.217. The lowest BCUT2D eigenvalue weighted by atomic mass is 9.89. The zero-order chi connectivity index (χ0) is 19.7. The van der Waals surface area contributed by atoms with Crippen molar-refractivity contribution in [1.29, 1.82) is 0 Å². The highest BCUT2D eigenvalue weighted by molar-refractivity contribution is 7.12. The molecule has 0 saturated carbocycles. The molecule has 2 aromatic carbocycles. The molecule has 0 unspecified atom stereocenters. The summed E-state index contributed by atoms with van der Waals surface area (Å²) in [5.74, 6) is 0.0127. The number of amides is 2. The lowest BCUT2D eigenvalue weighted by Crippen LogP contribution is -2.47. The SMILES string of the molecule is CC(=O)N(c1ccccc1)[C@@H]1C[C@H](C)N(C(=O)c2cccs2)c2ccccc21. The molecule has 4 nitrogen and oxygen atoms in total. The predicted molar refractivity (Wildman–Crippen MR) is 114 cm³/mol. The lowest BCUT2D eigenvalue weighted by Gasteiger charge is -2.43. The largest absolute Gasteiger partial charge is 0.305 e. The van der Waals surface area contributed by atoms with Gasteiger partial charge >= 0.3 is 0 Å². The van der Waals surface area contributed by atoms with Gasteiger partial charge in [0.25, 0.3) is 5.91 Å². The summed E-state index contributed by atoms with van der Waals surface area (Å²) >= 11 is 1.45. The fourth-order valence-corrected chi connectivity index (χ4v) is 4.68. The van der Waals surface area contributed by atoms with Crippen molar-refractivity contribution in [2.75, 3.05) is 9.80 Å². The normalized spacial score (nSPS) is 18.4. The molecular weight excluding hydrogens is 368 g/mol. The molecule has 4 rings (SSSR count). The Hall–Kier alpha value is -2.92. The summed E-state index contributed by atoms with van der Waals surface area (Å²) < 4.78 is 0. The molecule has 2 heterocycles. The first-order valence-electron chi connectivity index (χ1n) is 9.38. The first-order valence-corrected chi connectivity index (χ1v) is 10.3. The number of nitrogens with zero attached hydrogens (tertiary/aromatic N) is 2. The van der Waals surface area contributed by atoms with E-state index in [0.717, 1.165) is 21.8 Å². The van der Waals surface area contributed by atoms with Crippen LogP contribution in [0, 0.1) is 0 Å². The number of carbonyl (C=O) groups excluding carboxylic acids is 2. The number of para-hydroxylation sites is 2. The number of hydrogen-bond acceptors (Lipinski definition) is 3. The quantitative estimate of drug-likeness (QED) is 0.610. The summed E-state index contributed by atoms with van der Waals surface area (Å²) in [6.45, 7) is 3.65. The van der Waals surface area contributed by atoms with Crippen LogP contribution in [0.15, 0.2) is 72.1 Å². The van der Waals surface area contributed by atoms with E-state index < -0.39 is 0 Å².